The molecule has 1 saturated heterocycles. The summed E-state index contributed by atoms with van der Waals surface area (Å²) < 4.78 is 6.71. The summed E-state index contributed by atoms with van der Waals surface area (Å²) in [5, 5.41) is 3.46. The third-order valence-electron chi connectivity index (χ3n) is 5.18. The van der Waals surface area contributed by atoms with E-state index >= 15 is 0 Å². The number of hydrogen-bond donors (Lipinski definition) is 1. The number of amides is 2. The predicted molar refractivity (Wildman–Crippen MR) is 115 cm³/mol. The molecule has 0 bridgehead atoms. The zero-order chi connectivity index (χ0) is 21.1. The van der Waals surface area contributed by atoms with Crippen LogP contribution in [0.5, 0.6) is 0 Å². The molecule has 0 saturated carbocycles. The highest BCUT2D eigenvalue weighted by atomic mass is 16.5. The van der Waals surface area contributed by atoms with E-state index in [0.29, 0.717) is 48.5 Å². The van der Waals surface area contributed by atoms with Gasteiger partial charge in [0.1, 0.15) is 6.54 Å². The van der Waals surface area contributed by atoms with Crippen LogP contribution in [0.4, 0.5) is 5.69 Å². The van der Waals surface area contributed by atoms with Gasteiger partial charge < -0.3 is 15.0 Å². The number of carbonyl (C=O) groups is 2. The number of pyridine rings is 1. The van der Waals surface area contributed by atoms with E-state index in [-0.39, 0.29) is 23.9 Å². The molecule has 154 valence electrons. The number of nitrogens with zero attached hydrogens (tertiary/aromatic N) is 2. The Hall–Kier alpha value is -3.45. The number of para-hydroxylation sites is 1. The molecule has 1 N–H and O–H groups in total. The molecule has 7 heteroatoms. The van der Waals surface area contributed by atoms with E-state index in [2.05, 4.69) is 5.32 Å². The SMILES string of the molecule is Cc1ccc(NC(=O)Cn2c(=O)cc(C(=O)N3CCOCC3)c3ccccc32)cc1. The van der Waals surface area contributed by atoms with Gasteiger partial charge in [-0.05, 0) is 25.1 Å². The Morgan fingerprint density at radius 3 is 2.47 bits per heavy atom. The van der Waals surface area contributed by atoms with Gasteiger partial charge in [0.2, 0.25) is 5.91 Å². The van der Waals surface area contributed by atoms with Crippen LogP contribution in [0.2, 0.25) is 0 Å². The molecule has 0 aliphatic carbocycles. The van der Waals surface area contributed by atoms with Gasteiger partial charge in [-0.1, -0.05) is 35.9 Å². The molecule has 1 aliphatic rings. The molecule has 0 radical (unpaired) electrons. The van der Waals surface area contributed by atoms with Crippen LogP contribution in [0.15, 0.2) is 59.4 Å². The maximum absolute atomic E-state index is 13.0. The fourth-order valence-corrected chi connectivity index (χ4v) is 3.59. The summed E-state index contributed by atoms with van der Waals surface area (Å²) in [5.74, 6) is -0.499. The van der Waals surface area contributed by atoms with E-state index in [1.54, 1.807) is 23.1 Å². The van der Waals surface area contributed by atoms with Gasteiger partial charge in [-0.3, -0.25) is 19.0 Å². The van der Waals surface area contributed by atoms with E-state index < -0.39 is 0 Å². The van der Waals surface area contributed by atoms with Crippen molar-refractivity contribution in [2.24, 2.45) is 0 Å². The van der Waals surface area contributed by atoms with Crippen molar-refractivity contribution in [2.75, 3.05) is 31.6 Å². The minimum atomic E-state index is -0.385. The number of aromatic nitrogens is 1. The van der Waals surface area contributed by atoms with E-state index in [1.807, 2.05) is 37.3 Å². The highest BCUT2D eigenvalue weighted by Gasteiger charge is 2.22. The number of nitrogens with one attached hydrogen (secondary N) is 1. The van der Waals surface area contributed by atoms with Crippen molar-refractivity contribution in [2.45, 2.75) is 13.5 Å². The molecule has 2 amide bonds. The van der Waals surface area contributed by atoms with Gasteiger partial charge in [0.25, 0.3) is 11.5 Å². The maximum atomic E-state index is 13.0. The minimum absolute atomic E-state index is 0.140. The fourth-order valence-electron chi connectivity index (χ4n) is 3.59. The maximum Gasteiger partial charge on any atom is 0.254 e. The predicted octanol–water partition coefficient (Wildman–Crippen LogP) is 2.42. The molecule has 1 aliphatic heterocycles. The van der Waals surface area contributed by atoms with Crippen molar-refractivity contribution in [3.05, 3.63) is 76.1 Å². The molecular formula is C23H23N3O4. The first-order chi connectivity index (χ1) is 14.5. The monoisotopic (exact) mass is 405 g/mol. The second kappa shape index (κ2) is 8.51. The Labute approximate surface area is 173 Å². The van der Waals surface area contributed by atoms with Crippen molar-refractivity contribution >= 4 is 28.4 Å². The van der Waals surface area contributed by atoms with Gasteiger partial charge in [-0.25, -0.2) is 0 Å². The average molecular weight is 405 g/mol. The molecule has 0 spiro atoms. The highest BCUT2D eigenvalue weighted by molar-refractivity contribution is 6.06. The van der Waals surface area contributed by atoms with Crippen molar-refractivity contribution < 1.29 is 14.3 Å². The summed E-state index contributed by atoms with van der Waals surface area (Å²) in [6.45, 7) is 3.79. The zero-order valence-corrected chi connectivity index (χ0v) is 16.8. The number of rotatable bonds is 4. The smallest absolute Gasteiger partial charge is 0.254 e. The van der Waals surface area contributed by atoms with Crippen LogP contribution in [0.1, 0.15) is 15.9 Å². The molecule has 0 unspecified atom stereocenters. The van der Waals surface area contributed by atoms with Crippen LogP contribution in [0.25, 0.3) is 10.9 Å². The van der Waals surface area contributed by atoms with E-state index in [0.717, 1.165) is 5.56 Å². The zero-order valence-electron chi connectivity index (χ0n) is 16.8. The number of hydrogen-bond acceptors (Lipinski definition) is 4. The van der Waals surface area contributed by atoms with Crippen molar-refractivity contribution in [3.63, 3.8) is 0 Å². The van der Waals surface area contributed by atoms with Crippen LogP contribution in [0.3, 0.4) is 0 Å². The van der Waals surface area contributed by atoms with Crippen molar-refractivity contribution in [1.29, 1.82) is 0 Å². The third-order valence-corrected chi connectivity index (χ3v) is 5.18. The Balaban J connectivity index is 1.65. The summed E-state index contributed by atoms with van der Waals surface area (Å²) in [6.07, 6.45) is 0. The van der Waals surface area contributed by atoms with Gasteiger partial charge in [0.15, 0.2) is 0 Å². The van der Waals surface area contributed by atoms with Gasteiger partial charge in [0, 0.05) is 30.2 Å². The normalized spacial score (nSPS) is 14.0. The van der Waals surface area contributed by atoms with Crippen LogP contribution in [0, 0.1) is 6.92 Å². The Morgan fingerprint density at radius 1 is 1.03 bits per heavy atom. The van der Waals surface area contributed by atoms with Crippen LogP contribution >= 0.6 is 0 Å². The first-order valence-electron chi connectivity index (χ1n) is 9.89. The molecule has 2 aromatic carbocycles. The van der Waals surface area contributed by atoms with Crippen LogP contribution in [-0.4, -0.2) is 47.6 Å². The lowest BCUT2D eigenvalue weighted by molar-refractivity contribution is -0.116. The standard InChI is InChI=1S/C23H23N3O4/c1-16-6-8-17(9-7-16)24-21(27)15-26-20-5-3-2-4-18(20)19(14-22(26)28)23(29)25-10-12-30-13-11-25/h2-9,14H,10-13,15H2,1H3,(H,24,27). The van der Waals surface area contributed by atoms with Crippen LogP contribution < -0.4 is 10.9 Å². The number of carbonyl (C=O) groups excluding carboxylic acids is 2. The number of ether oxygens (including phenoxy) is 1. The number of anilines is 1. The third kappa shape index (κ3) is 4.11. The van der Waals surface area contributed by atoms with E-state index in [9.17, 15) is 14.4 Å². The lowest BCUT2D eigenvalue weighted by atomic mass is 10.1. The second-order valence-corrected chi connectivity index (χ2v) is 7.32. The second-order valence-electron chi connectivity index (χ2n) is 7.32. The summed E-state index contributed by atoms with van der Waals surface area (Å²) in [5.41, 5.74) is 2.29. The molecule has 0 atom stereocenters. The Bertz CT molecular complexity index is 1150. The quantitative estimate of drug-likeness (QED) is 0.723. The Kier molecular flexibility index (Phi) is 5.63. The van der Waals surface area contributed by atoms with Crippen molar-refractivity contribution in [3.8, 4) is 0 Å². The lowest BCUT2D eigenvalue weighted by Gasteiger charge is -2.27. The van der Waals surface area contributed by atoms with Crippen molar-refractivity contribution in [1.82, 2.24) is 9.47 Å². The topological polar surface area (TPSA) is 80.6 Å². The summed E-state index contributed by atoms with van der Waals surface area (Å²) in [7, 11) is 0. The number of fused-ring (bicyclic) bond motifs is 1. The van der Waals surface area contributed by atoms with Gasteiger partial charge in [0.05, 0.1) is 24.3 Å². The average Bonchev–Trinajstić information content (AvgIpc) is 2.77. The summed E-state index contributed by atoms with van der Waals surface area (Å²) >= 11 is 0. The van der Waals surface area contributed by atoms with Gasteiger partial charge >= 0.3 is 0 Å². The first kappa shape index (κ1) is 19.8. The minimum Gasteiger partial charge on any atom is -0.378 e. The van der Waals surface area contributed by atoms with Gasteiger partial charge in [-0.15, -0.1) is 0 Å². The fraction of sp³-hybridized carbons (Fsp3) is 0.261. The molecular weight excluding hydrogens is 382 g/mol. The van der Waals surface area contributed by atoms with Gasteiger partial charge in [-0.2, -0.15) is 0 Å². The molecule has 30 heavy (non-hydrogen) atoms. The molecule has 3 aromatic rings. The highest BCUT2D eigenvalue weighted by Crippen LogP contribution is 2.19. The molecule has 2 heterocycles. The van der Waals surface area contributed by atoms with E-state index in [4.69, 9.17) is 4.74 Å². The lowest BCUT2D eigenvalue weighted by Crippen LogP contribution is -2.41. The largest absolute Gasteiger partial charge is 0.378 e. The number of aryl methyl sites for hydroxylation is 1. The number of morpholine rings is 1. The molecule has 7 nitrogen and oxygen atoms in total. The first-order valence-corrected chi connectivity index (χ1v) is 9.89. The molecule has 1 aromatic heterocycles. The summed E-state index contributed by atoms with van der Waals surface area (Å²) in [4.78, 5) is 40.1. The van der Waals surface area contributed by atoms with E-state index in [1.165, 1.54) is 10.6 Å². The summed E-state index contributed by atoms with van der Waals surface area (Å²) in [6, 6.07) is 15.9. The number of benzene rings is 2. The van der Waals surface area contributed by atoms with Crippen LogP contribution in [-0.2, 0) is 16.1 Å². The Morgan fingerprint density at radius 2 is 1.73 bits per heavy atom. The molecule has 4 rings (SSSR count). The molecule has 1 fully saturated rings.